The van der Waals surface area contributed by atoms with E-state index in [-0.39, 0.29) is 4.90 Å². The fourth-order valence-corrected chi connectivity index (χ4v) is 4.46. The molecule has 0 bridgehead atoms. The molecular formula is C22H29N5O2S. The topological polar surface area (TPSA) is 87.2 Å². The van der Waals surface area contributed by atoms with Gasteiger partial charge in [-0.3, -0.25) is 0 Å². The van der Waals surface area contributed by atoms with Crippen molar-refractivity contribution in [1.82, 2.24) is 19.8 Å². The summed E-state index contributed by atoms with van der Waals surface area (Å²) in [5, 5.41) is 14.2. The van der Waals surface area contributed by atoms with Gasteiger partial charge in [0, 0.05) is 29.4 Å². The van der Waals surface area contributed by atoms with E-state index in [1.165, 1.54) is 7.05 Å². The number of hydrogen-bond acceptors (Lipinski definition) is 6. The summed E-state index contributed by atoms with van der Waals surface area (Å²) in [5.74, 6) is 0.733. The number of nitrogens with zero attached hydrogens (tertiary/aromatic N) is 3. The highest BCUT2D eigenvalue weighted by molar-refractivity contribution is 7.89. The molecule has 0 unspecified atom stereocenters. The van der Waals surface area contributed by atoms with Crippen LogP contribution in [0.1, 0.15) is 19.4 Å². The molecule has 0 spiro atoms. The maximum Gasteiger partial charge on any atom is 0.240 e. The van der Waals surface area contributed by atoms with Crippen molar-refractivity contribution < 1.29 is 8.42 Å². The summed E-state index contributed by atoms with van der Waals surface area (Å²) < 4.78 is 27.2. The lowest BCUT2D eigenvalue weighted by atomic mass is 10.0. The highest BCUT2D eigenvalue weighted by atomic mass is 32.2. The number of aromatic nitrogens is 2. The number of benzene rings is 2. The van der Waals surface area contributed by atoms with Crippen LogP contribution in [-0.4, -0.2) is 56.7 Å². The molecule has 0 radical (unpaired) electrons. The van der Waals surface area contributed by atoms with Crippen molar-refractivity contribution >= 4 is 26.6 Å². The predicted molar refractivity (Wildman–Crippen MR) is 122 cm³/mol. The van der Waals surface area contributed by atoms with E-state index >= 15 is 0 Å². The molecule has 0 aliphatic heterocycles. The van der Waals surface area contributed by atoms with E-state index in [9.17, 15) is 8.42 Å². The predicted octanol–water partition coefficient (Wildman–Crippen LogP) is 3.27. The Morgan fingerprint density at radius 2 is 1.70 bits per heavy atom. The largest absolute Gasteiger partial charge is 0.367 e. The van der Waals surface area contributed by atoms with Crippen LogP contribution in [0.4, 0.5) is 5.82 Å². The molecule has 2 N–H and O–H groups in total. The van der Waals surface area contributed by atoms with E-state index in [0.717, 1.165) is 42.8 Å². The standard InChI is InChI=1S/C22H29N5O2S/c1-5-27(6-2)14-13-24-22-19-10-8-7-9-18(19)21(25-26-22)17-12-11-16(3)20(15-17)30(28,29)23-4/h7-12,15,23H,5-6,13-14H2,1-4H3,(H,24,26). The zero-order valence-electron chi connectivity index (χ0n) is 17.9. The molecule has 0 aliphatic carbocycles. The maximum absolute atomic E-state index is 12.4. The molecule has 0 atom stereocenters. The lowest BCUT2D eigenvalue weighted by molar-refractivity contribution is 0.316. The van der Waals surface area contributed by atoms with Gasteiger partial charge in [0.15, 0.2) is 5.82 Å². The summed E-state index contributed by atoms with van der Waals surface area (Å²) in [5.41, 5.74) is 2.06. The van der Waals surface area contributed by atoms with E-state index < -0.39 is 10.0 Å². The Kier molecular flexibility index (Phi) is 7.02. The molecule has 3 aromatic rings. The normalized spacial score (nSPS) is 11.9. The molecule has 8 heteroatoms. The van der Waals surface area contributed by atoms with Gasteiger partial charge in [-0.2, -0.15) is 0 Å². The number of sulfonamides is 1. The quantitative estimate of drug-likeness (QED) is 0.545. The van der Waals surface area contributed by atoms with Crippen molar-refractivity contribution in [1.29, 1.82) is 0 Å². The molecule has 0 saturated heterocycles. The summed E-state index contributed by atoms with van der Waals surface area (Å²) in [6.07, 6.45) is 0. The van der Waals surface area contributed by atoms with Crippen molar-refractivity contribution in [2.24, 2.45) is 0 Å². The smallest absolute Gasteiger partial charge is 0.240 e. The second kappa shape index (κ2) is 9.51. The molecule has 1 heterocycles. The van der Waals surface area contributed by atoms with Gasteiger partial charge in [-0.1, -0.05) is 50.2 Å². The highest BCUT2D eigenvalue weighted by Gasteiger charge is 2.18. The van der Waals surface area contributed by atoms with Crippen molar-refractivity contribution in [2.45, 2.75) is 25.7 Å². The van der Waals surface area contributed by atoms with Crippen LogP contribution < -0.4 is 10.0 Å². The lowest BCUT2D eigenvalue weighted by Gasteiger charge is -2.18. The Balaban J connectivity index is 2.00. The number of nitrogens with one attached hydrogen (secondary N) is 2. The zero-order valence-corrected chi connectivity index (χ0v) is 18.8. The maximum atomic E-state index is 12.4. The van der Waals surface area contributed by atoms with Crippen LogP contribution in [-0.2, 0) is 10.0 Å². The Hall–Kier alpha value is -2.55. The number of likely N-dealkylation sites (N-methyl/N-ethyl adjacent to an activating group) is 1. The summed E-state index contributed by atoms with van der Waals surface area (Å²) >= 11 is 0. The number of aryl methyl sites for hydroxylation is 1. The molecule has 3 rings (SSSR count). The van der Waals surface area contributed by atoms with Gasteiger partial charge in [0.2, 0.25) is 10.0 Å². The van der Waals surface area contributed by atoms with Gasteiger partial charge in [0.1, 0.15) is 5.69 Å². The van der Waals surface area contributed by atoms with Crippen LogP contribution in [0.25, 0.3) is 22.0 Å². The van der Waals surface area contributed by atoms with Crippen LogP contribution in [0.15, 0.2) is 47.4 Å². The fraction of sp³-hybridized carbons (Fsp3) is 0.364. The van der Waals surface area contributed by atoms with Gasteiger partial charge in [0.05, 0.1) is 4.90 Å². The van der Waals surface area contributed by atoms with Crippen LogP contribution in [0.2, 0.25) is 0 Å². The Labute approximate surface area is 178 Å². The van der Waals surface area contributed by atoms with E-state index in [0.29, 0.717) is 16.8 Å². The second-order valence-electron chi connectivity index (χ2n) is 7.08. The van der Waals surface area contributed by atoms with Crippen LogP contribution in [0.3, 0.4) is 0 Å². The summed E-state index contributed by atoms with van der Waals surface area (Å²) in [6.45, 7) is 9.79. The minimum atomic E-state index is -3.56. The molecule has 0 aliphatic rings. The van der Waals surface area contributed by atoms with Gasteiger partial charge < -0.3 is 10.2 Å². The Morgan fingerprint density at radius 1 is 1.00 bits per heavy atom. The van der Waals surface area contributed by atoms with Gasteiger partial charge in [-0.05, 0) is 38.7 Å². The van der Waals surface area contributed by atoms with Gasteiger partial charge in [-0.15, -0.1) is 10.2 Å². The SMILES string of the molecule is CCN(CC)CCNc1nnc(-c2ccc(C)c(S(=O)(=O)NC)c2)c2ccccc12. The van der Waals surface area contributed by atoms with E-state index in [2.05, 4.69) is 39.0 Å². The average Bonchev–Trinajstić information content (AvgIpc) is 2.77. The van der Waals surface area contributed by atoms with Crippen molar-refractivity contribution in [2.75, 3.05) is 38.5 Å². The third kappa shape index (κ3) is 4.61. The molecule has 0 fully saturated rings. The molecule has 0 saturated carbocycles. The number of hydrogen-bond donors (Lipinski definition) is 2. The van der Waals surface area contributed by atoms with Gasteiger partial charge in [-0.25, -0.2) is 13.1 Å². The molecule has 7 nitrogen and oxygen atoms in total. The number of rotatable bonds is 9. The fourth-order valence-electron chi connectivity index (χ4n) is 3.47. The molecule has 0 amide bonds. The Bertz CT molecular complexity index is 1130. The zero-order chi connectivity index (χ0) is 21.7. The van der Waals surface area contributed by atoms with Crippen LogP contribution in [0, 0.1) is 6.92 Å². The summed E-state index contributed by atoms with van der Waals surface area (Å²) in [4.78, 5) is 2.59. The highest BCUT2D eigenvalue weighted by Crippen LogP contribution is 2.31. The molecule has 2 aromatic carbocycles. The number of fused-ring (bicyclic) bond motifs is 1. The third-order valence-electron chi connectivity index (χ3n) is 5.32. The lowest BCUT2D eigenvalue weighted by Crippen LogP contribution is -2.28. The van der Waals surface area contributed by atoms with E-state index in [1.54, 1.807) is 19.1 Å². The van der Waals surface area contributed by atoms with Crippen LogP contribution >= 0.6 is 0 Å². The summed E-state index contributed by atoms with van der Waals surface area (Å²) in [6, 6.07) is 13.3. The van der Waals surface area contributed by atoms with Crippen molar-refractivity contribution in [3.05, 3.63) is 48.0 Å². The first kappa shape index (κ1) is 22.1. The first-order valence-electron chi connectivity index (χ1n) is 10.2. The monoisotopic (exact) mass is 427 g/mol. The molecule has 1 aromatic heterocycles. The van der Waals surface area contributed by atoms with Gasteiger partial charge in [0.25, 0.3) is 0 Å². The van der Waals surface area contributed by atoms with Gasteiger partial charge >= 0.3 is 0 Å². The summed E-state index contributed by atoms with van der Waals surface area (Å²) in [7, 11) is -2.15. The third-order valence-corrected chi connectivity index (χ3v) is 6.88. The van der Waals surface area contributed by atoms with E-state index in [1.807, 2.05) is 30.3 Å². The number of anilines is 1. The molecule has 160 valence electrons. The van der Waals surface area contributed by atoms with Crippen molar-refractivity contribution in [3.8, 4) is 11.3 Å². The minimum absolute atomic E-state index is 0.245. The first-order valence-corrected chi connectivity index (χ1v) is 11.7. The second-order valence-corrected chi connectivity index (χ2v) is 8.94. The van der Waals surface area contributed by atoms with Crippen LogP contribution in [0.5, 0.6) is 0 Å². The Morgan fingerprint density at radius 3 is 2.37 bits per heavy atom. The molecular weight excluding hydrogens is 398 g/mol. The first-order chi connectivity index (χ1) is 14.4. The minimum Gasteiger partial charge on any atom is -0.367 e. The van der Waals surface area contributed by atoms with Crippen molar-refractivity contribution in [3.63, 3.8) is 0 Å². The molecule has 30 heavy (non-hydrogen) atoms. The average molecular weight is 428 g/mol. The van der Waals surface area contributed by atoms with E-state index in [4.69, 9.17) is 0 Å².